The minimum Gasteiger partial charge on any atom is -0.355 e. The zero-order chi connectivity index (χ0) is 10.6. The molecule has 1 heterocycles. The molecule has 0 bridgehead atoms. The first-order valence-electron chi connectivity index (χ1n) is 4.54. The van der Waals surface area contributed by atoms with Crippen molar-refractivity contribution in [3.05, 3.63) is 18.0 Å². The zero-order valence-corrected chi connectivity index (χ0v) is 9.29. The molecule has 1 amide bonds. The average Bonchev–Trinajstić information content (AvgIpc) is 2.51. The summed E-state index contributed by atoms with van der Waals surface area (Å²) in [6.45, 7) is 2.38. The van der Waals surface area contributed by atoms with Crippen molar-refractivity contribution >= 4 is 18.5 Å². The Morgan fingerprint density at radius 3 is 3.00 bits per heavy atom. The second-order valence-corrected chi connectivity index (χ2v) is 3.94. The van der Waals surface area contributed by atoms with Crippen molar-refractivity contribution in [2.45, 2.75) is 18.6 Å². The molecular weight excluding hydrogens is 198 g/mol. The summed E-state index contributed by atoms with van der Waals surface area (Å²) in [7, 11) is 1.89. The Morgan fingerprint density at radius 1 is 1.79 bits per heavy atom. The predicted molar refractivity (Wildman–Crippen MR) is 58.4 cm³/mol. The lowest BCUT2D eigenvalue weighted by Crippen LogP contribution is -2.31. The molecule has 4 nitrogen and oxygen atoms in total. The van der Waals surface area contributed by atoms with Crippen molar-refractivity contribution in [3.63, 3.8) is 0 Å². The number of carbonyl (C=O) groups is 1. The summed E-state index contributed by atoms with van der Waals surface area (Å²) < 4.78 is 1.80. The fraction of sp³-hybridized carbons (Fsp3) is 0.556. The van der Waals surface area contributed by atoms with Gasteiger partial charge in [-0.1, -0.05) is 0 Å². The van der Waals surface area contributed by atoms with Gasteiger partial charge in [-0.3, -0.25) is 9.48 Å². The molecule has 1 aromatic heterocycles. The summed E-state index contributed by atoms with van der Waals surface area (Å²) in [5.74, 6) is -0.0319. The van der Waals surface area contributed by atoms with Gasteiger partial charge in [0.25, 0.3) is 0 Å². The Kier molecular flexibility index (Phi) is 4.00. The first-order valence-corrected chi connectivity index (χ1v) is 5.05. The standard InChI is InChI=1S/C9H15N3OS/c1-7(14)9(13)10-5-3-8-4-6-11-12(8)2/h4,6-7,14H,3,5H2,1-2H3,(H,10,13). The predicted octanol–water partition coefficient (Wildman–Crippen LogP) is 0.397. The number of nitrogens with one attached hydrogen (secondary N) is 1. The minimum atomic E-state index is -0.249. The molecule has 0 aliphatic heterocycles. The molecule has 0 aliphatic carbocycles. The van der Waals surface area contributed by atoms with Gasteiger partial charge in [-0.25, -0.2) is 0 Å². The molecule has 0 fully saturated rings. The van der Waals surface area contributed by atoms with Gasteiger partial charge >= 0.3 is 0 Å². The van der Waals surface area contributed by atoms with Gasteiger partial charge < -0.3 is 5.32 Å². The summed E-state index contributed by atoms with van der Waals surface area (Å²) in [6.07, 6.45) is 2.54. The molecule has 1 aromatic rings. The maximum atomic E-state index is 11.1. The first kappa shape index (κ1) is 11.1. The van der Waals surface area contributed by atoms with E-state index >= 15 is 0 Å². The lowest BCUT2D eigenvalue weighted by molar-refractivity contribution is -0.120. The molecule has 78 valence electrons. The number of thiol groups is 1. The van der Waals surface area contributed by atoms with Crippen molar-refractivity contribution in [1.82, 2.24) is 15.1 Å². The zero-order valence-electron chi connectivity index (χ0n) is 8.40. The third-order valence-corrected chi connectivity index (χ3v) is 2.22. The number of amides is 1. The highest BCUT2D eigenvalue weighted by atomic mass is 32.1. The normalized spacial score (nSPS) is 12.5. The molecule has 14 heavy (non-hydrogen) atoms. The van der Waals surface area contributed by atoms with Crippen LogP contribution in [0.4, 0.5) is 0 Å². The van der Waals surface area contributed by atoms with Gasteiger partial charge in [0.1, 0.15) is 0 Å². The van der Waals surface area contributed by atoms with Crippen molar-refractivity contribution in [2.75, 3.05) is 6.54 Å². The highest BCUT2D eigenvalue weighted by Crippen LogP contribution is 1.97. The van der Waals surface area contributed by atoms with Gasteiger partial charge in [0.2, 0.25) is 5.91 Å². The molecule has 0 aliphatic rings. The van der Waals surface area contributed by atoms with E-state index in [1.807, 2.05) is 13.1 Å². The van der Waals surface area contributed by atoms with Crippen LogP contribution in [0.3, 0.4) is 0 Å². The van der Waals surface area contributed by atoms with E-state index in [0.717, 1.165) is 12.1 Å². The monoisotopic (exact) mass is 213 g/mol. The van der Waals surface area contributed by atoms with Crippen LogP contribution in [0.1, 0.15) is 12.6 Å². The van der Waals surface area contributed by atoms with Crippen LogP contribution in [0.2, 0.25) is 0 Å². The second-order valence-electron chi connectivity index (χ2n) is 3.16. The highest BCUT2D eigenvalue weighted by Gasteiger charge is 2.06. The van der Waals surface area contributed by atoms with Gasteiger partial charge in [-0.05, 0) is 13.0 Å². The number of nitrogens with zero attached hydrogens (tertiary/aromatic N) is 2. The second kappa shape index (κ2) is 5.05. The highest BCUT2D eigenvalue weighted by molar-refractivity contribution is 7.81. The fourth-order valence-corrected chi connectivity index (χ4v) is 1.20. The van der Waals surface area contributed by atoms with Crippen molar-refractivity contribution in [2.24, 2.45) is 7.05 Å². The average molecular weight is 213 g/mol. The number of carbonyl (C=O) groups excluding carboxylic acids is 1. The molecule has 0 saturated heterocycles. The first-order chi connectivity index (χ1) is 6.61. The number of aromatic nitrogens is 2. The van der Waals surface area contributed by atoms with Crippen LogP contribution in [0.5, 0.6) is 0 Å². The molecule has 0 radical (unpaired) electrons. The third-order valence-electron chi connectivity index (χ3n) is 1.98. The molecule has 1 unspecified atom stereocenters. The van der Waals surface area contributed by atoms with Crippen LogP contribution in [-0.4, -0.2) is 27.5 Å². The van der Waals surface area contributed by atoms with Crippen LogP contribution < -0.4 is 5.32 Å². The van der Waals surface area contributed by atoms with E-state index in [2.05, 4.69) is 23.0 Å². The Morgan fingerprint density at radius 2 is 2.50 bits per heavy atom. The molecular formula is C9H15N3OS. The maximum Gasteiger partial charge on any atom is 0.232 e. The van der Waals surface area contributed by atoms with Crippen molar-refractivity contribution < 1.29 is 4.79 Å². The van der Waals surface area contributed by atoms with Gasteiger partial charge in [0, 0.05) is 31.9 Å². The lowest BCUT2D eigenvalue weighted by Gasteiger charge is -2.06. The fourth-order valence-electron chi connectivity index (χ4n) is 1.11. The third kappa shape index (κ3) is 3.06. The van der Waals surface area contributed by atoms with Gasteiger partial charge in [-0.2, -0.15) is 17.7 Å². The molecule has 0 saturated carbocycles. The van der Waals surface area contributed by atoms with Gasteiger partial charge in [0.15, 0.2) is 0 Å². The van der Waals surface area contributed by atoms with Gasteiger partial charge in [0.05, 0.1) is 5.25 Å². The topological polar surface area (TPSA) is 46.9 Å². The number of hydrogen-bond donors (Lipinski definition) is 2. The van der Waals surface area contributed by atoms with Crippen LogP contribution >= 0.6 is 12.6 Å². The SMILES string of the molecule is CC(S)C(=O)NCCc1ccnn1C. The van der Waals surface area contributed by atoms with E-state index in [4.69, 9.17) is 0 Å². The maximum absolute atomic E-state index is 11.1. The summed E-state index contributed by atoms with van der Waals surface area (Å²) in [5.41, 5.74) is 1.11. The lowest BCUT2D eigenvalue weighted by atomic mass is 10.3. The van der Waals surface area contributed by atoms with Crippen molar-refractivity contribution in [1.29, 1.82) is 0 Å². The van der Waals surface area contributed by atoms with E-state index < -0.39 is 0 Å². The Hall–Kier alpha value is -0.970. The van der Waals surface area contributed by atoms with Gasteiger partial charge in [-0.15, -0.1) is 0 Å². The minimum absolute atomic E-state index is 0.0319. The largest absolute Gasteiger partial charge is 0.355 e. The van der Waals surface area contributed by atoms with E-state index in [9.17, 15) is 4.79 Å². The molecule has 5 heteroatoms. The van der Waals surface area contributed by atoms with E-state index in [-0.39, 0.29) is 11.2 Å². The number of rotatable bonds is 4. The molecule has 0 aromatic carbocycles. The molecule has 0 spiro atoms. The number of hydrogen-bond acceptors (Lipinski definition) is 3. The van der Waals surface area contributed by atoms with E-state index in [1.165, 1.54) is 0 Å². The Bertz CT molecular complexity index is 309. The van der Waals surface area contributed by atoms with Crippen LogP contribution in [-0.2, 0) is 18.3 Å². The smallest absolute Gasteiger partial charge is 0.232 e. The Labute approximate surface area is 89.1 Å². The molecule has 1 atom stereocenters. The molecule has 1 N–H and O–H groups in total. The van der Waals surface area contributed by atoms with Crippen molar-refractivity contribution in [3.8, 4) is 0 Å². The van der Waals surface area contributed by atoms with Crippen LogP contribution in [0.15, 0.2) is 12.3 Å². The van der Waals surface area contributed by atoms with Crippen LogP contribution in [0.25, 0.3) is 0 Å². The summed E-state index contributed by atoms with van der Waals surface area (Å²) in [5, 5.41) is 6.58. The van der Waals surface area contributed by atoms with Crippen LogP contribution in [0, 0.1) is 0 Å². The Balaban J connectivity index is 2.29. The summed E-state index contributed by atoms with van der Waals surface area (Å²) in [4.78, 5) is 11.1. The summed E-state index contributed by atoms with van der Waals surface area (Å²) in [6, 6.07) is 1.94. The number of aryl methyl sites for hydroxylation is 1. The molecule has 1 rings (SSSR count). The van der Waals surface area contributed by atoms with E-state index in [1.54, 1.807) is 17.8 Å². The summed E-state index contributed by atoms with van der Waals surface area (Å²) >= 11 is 4.03. The quantitative estimate of drug-likeness (QED) is 0.711. The van der Waals surface area contributed by atoms with E-state index in [0.29, 0.717) is 6.54 Å².